The molecule has 0 fully saturated rings. The van der Waals surface area contributed by atoms with Crippen molar-refractivity contribution in [2.45, 2.75) is 32.8 Å². The maximum atomic E-state index is 12.6. The summed E-state index contributed by atoms with van der Waals surface area (Å²) in [5, 5.41) is 15.7. The van der Waals surface area contributed by atoms with Crippen LogP contribution in [0.3, 0.4) is 0 Å². The number of nitrogens with zero attached hydrogens (tertiary/aromatic N) is 3. The van der Waals surface area contributed by atoms with Crippen molar-refractivity contribution < 1.29 is 14.5 Å². The van der Waals surface area contributed by atoms with Gasteiger partial charge in [-0.25, -0.2) is 9.78 Å². The van der Waals surface area contributed by atoms with E-state index in [1.165, 1.54) is 6.20 Å². The average molecular weight is 441 g/mol. The molecule has 9 heteroatoms. The number of hydrogen-bond acceptors (Lipinski definition) is 6. The van der Waals surface area contributed by atoms with E-state index in [1.807, 2.05) is 32.9 Å². The van der Waals surface area contributed by atoms with Crippen LogP contribution < -0.4 is 10.2 Å². The van der Waals surface area contributed by atoms with E-state index in [0.29, 0.717) is 40.3 Å². The van der Waals surface area contributed by atoms with E-state index in [4.69, 9.17) is 16.3 Å². The Morgan fingerprint density at radius 1 is 1.26 bits per heavy atom. The molecule has 0 bridgehead atoms. The summed E-state index contributed by atoms with van der Waals surface area (Å²) in [6.45, 7) is 5.97. The maximum absolute atomic E-state index is 12.6. The van der Waals surface area contributed by atoms with Crippen molar-refractivity contribution >= 4 is 51.3 Å². The summed E-state index contributed by atoms with van der Waals surface area (Å²) in [5.41, 5.74) is 2.43. The van der Waals surface area contributed by atoms with Crippen LogP contribution in [0.4, 0.5) is 27.5 Å². The fourth-order valence-electron chi connectivity index (χ4n) is 3.53. The average Bonchev–Trinajstić information content (AvgIpc) is 3.10. The summed E-state index contributed by atoms with van der Waals surface area (Å²) in [5.74, 6) is 0. The third-order valence-electron chi connectivity index (χ3n) is 4.87. The second-order valence-electron chi connectivity index (χ2n) is 8.29. The molecule has 2 heterocycles. The second kappa shape index (κ2) is 7.70. The Hall–Kier alpha value is -3.39. The number of rotatable bonds is 3. The Labute approximate surface area is 183 Å². The molecule has 3 aromatic rings. The molecule has 1 aliphatic heterocycles. The minimum atomic E-state index is -0.606. The summed E-state index contributed by atoms with van der Waals surface area (Å²) >= 11 is 6.13. The van der Waals surface area contributed by atoms with Gasteiger partial charge in [0.1, 0.15) is 17.5 Å². The molecule has 1 amide bonds. The van der Waals surface area contributed by atoms with Gasteiger partial charge in [0, 0.05) is 22.6 Å². The molecule has 1 N–H and O–H groups in total. The maximum Gasteiger partial charge on any atom is 0.414 e. The lowest BCUT2D eigenvalue weighted by Crippen LogP contribution is -2.35. The highest BCUT2D eigenvalue weighted by Gasteiger charge is 2.29. The van der Waals surface area contributed by atoms with Gasteiger partial charge in [0.25, 0.3) is 0 Å². The zero-order valence-electron chi connectivity index (χ0n) is 17.3. The van der Waals surface area contributed by atoms with Crippen LogP contribution in [-0.4, -0.2) is 28.1 Å². The van der Waals surface area contributed by atoms with Crippen LogP contribution >= 0.6 is 11.6 Å². The van der Waals surface area contributed by atoms with Crippen molar-refractivity contribution in [3.05, 3.63) is 63.3 Å². The van der Waals surface area contributed by atoms with E-state index in [0.717, 1.165) is 11.3 Å². The molecule has 0 atom stereocenters. The first-order valence-corrected chi connectivity index (χ1v) is 10.1. The molecule has 160 valence electrons. The number of aromatic nitrogens is 1. The molecule has 0 aliphatic carbocycles. The van der Waals surface area contributed by atoms with Crippen LogP contribution in [0.15, 0.2) is 42.6 Å². The third-order valence-corrected chi connectivity index (χ3v) is 5.11. The summed E-state index contributed by atoms with van der Waals surface area (Å²) < 4.78 is 5.51. The SMILES string of the molecule is CC(C)(C)OC(=O)N1CCc2ccc(Nc3c([N+](=O)[O-])cnc4ccc(Cl)cc34)cc21. The summed E-state index contributed by atoms with van der Waals surface area (Å²) in [4.78, 5) is 29.5. The number of pyridine rings is 1. The monoisotopic (exact) mass is 440 g/mol. The normalized spacial score (nSPS) is 13.2. The van der Waals surface area contributed by atoms with E-state index >= 15 is 0 Å². The predicted molar refractivity (Wildman–Crippen MR) is 120 cm³/mol. The van der Waals surface area contributed by atoms with E-state index in [1.54, 1.807) is 29.2 Å². The Morgan fingerprint density at radius 3 is 2.74 bits per heavy atom. The van der Waals surface area contributed by atoms with Gasteiger partial charge in [-0.3, -0.25) is 15.0 Å². The van der Waals surface area contributed by atoms with Crippen molar-refractivity contribution in [2.75, 3.05) is 16.8 Å². The number of carbonyl (C=O) groups is 1. The van der Waals surface area contributed by atoms with Crippen LogP contribution in [0, 0.1) is 10.1 Å². The Morgan fingerprint density at radius 2 is 2.03 bits per heavy atom. The van der Waals surface area contributed by atoms with Gasteiger partial charge in [-0.05, 0) is 63.1 Å². The molecule has 0 saturated heterocycles. The number of fused-ring (bicyclic) bond motifs is 2. The number of nitrogens with one attached hydrogen (secondary N) is 1. The predicted octanol–water partition coefficient (Wildman–Crippen LogP) is 5.84. The number of hydrogen-bond donors (Lipinski definition) is 1. The minimum Gasteiger partial charge on any atom is -0.443 e. The van der Waals surface area contributed by atoms with Crippen LogP contribution in [0.5, 0.6) is 0 Å². The minimum absolute atomic E-state index is 0.167. The van der Waals surface area contributed by atoms with E-state index in [-0.39, 0.29) is 5.69 Å². The van der Waals surface area contributed by atoms with Crippen molar-refractivity contribution in [2.24, 2.45) is 0 Å². The molecule has 2 aromatic carbocycles. The Bertz CT molecular complexity index is 1210. The van der Waals surface area contributed by atoms with Gasteiger partial charge in [0.15, 0.2) is 0 Å². The molecular weight excluding hydrogens is 420 g/mol. The van der Waals surface area contributed by atoms with Gasteiger partial charge in [0.05, 0.1) is 16.1 Å². The number of benzene rings is 2. The first-order valence-electron chi connectivity index (χ1n) is 9.75. The number of halogens is 1. The molecule has 31 heavy (non-hydrogen) atoms. The van der Waals surface area contributed by atoms with E-state index in [9.17, 15) is 14.9 Å². The van der Waals surface area contributed by atoms with Crippen LogP contribution in [0.25, 0.3) is 10.9 Å². The van der Waals surface area contributed by atoms with Gasteiger partial charge in [-0.15, -0.1) is 0 Å². The number of carbonyl (C=O) groups excluding carboxylic acids is 1. The molecule has 0 radical (unpaired) electrons. The van der Waals surface area contributed by atoms with Gasteiger partial charge in [0.2, 0.25) is 0 Å². The first-order chi connectivity index (χ1) is 14.6. The van der Waals surface area contributed by atoms with Crippen molar-refractivity contribution in [1.29, 1.82) is 0 Å². The lowest BCUT2D eigenvalue weighted by Gasteiger charge is -2.25. The highest BCUT2D eigenvalue weighted by atomic mass is 35.5. The standard InChI is InChI=1S/C22H21ClN4O4/c1-22(2,3)31-21(28)26-9-8-13-4-6-15(11-18(13)26)25-20-16-10-14(23)5-7-17(16)24-12-19(20)27(29)30/h4-7,10-12H,8-9H2,1-3H3,(H,24,25). The second-order valence-corrected chi connectivity index (χ2v) is 8.72. The van der Waals surface area contributed by atoms with Gasteiger partial charge in [-0.1, -0.05) is 17.7 Å². The summed E-state index contributed by atoms with van der Waals surface area (Å²) in [6.07, 6.45) is 1.51. The topological polar surface area (TPSA) is 97.6 Å². The highest BCUT2D eigenvalue weighted by molar-refractivity contribution is 6.31. The van der Waals surface area contributed by atoms with Gasteiger partial charge in [-0.2, -0.15) is 0 Å². The molecule has 1 aliphatic rings. The molecular formula is C22H21ClN4O4. The van der Waals surface area contributed by atoms with Crippen molar-refractivity contribution in [1.82, 2.24) is 4.98 Å². The fraction of sp³-hybridized carbons (Fsp3) is 0.273. The third kappa shape index (κ3) is 4.25. The number of ether oxygens (including phenoxy) is 1. The van der Waals surface area contributed by atoms with Gasteiger partial charge >= 0.3 is 11.8 Å². The summed E-state index contributed by atoms with van der Waals surface area (Å²) in [6, 6.07) is 10.6. The lowest BCUT2D eigenvalue weighted by atomic mass is 10.1. The molecule has 4 rings (SSSR count). The van der Waals surface area contributed by atoms with Gasteiger partial charge < -0.3 is 10.1 Å². The van der Waals surface area contributed by atoms with Crippen molar-refractivity contribution in [3.63, 3.8) is 0 Å². The Balaban J connectivity index is 1.73. The quantitative estimate of drug-likeness (QED) is 0.406. The molecule has 0 spiro atoms. The molecule has 1 aromatic heterocycles. The first kappa shape index (κ1) is 20.9. The zero-order chi connectivity index (χ0) is 22.3. The van der Waals surface area contributed by atoms with Crippen LogP contribution in [0.1, 0.15) is 26.3 Å². The molecule has 8 nitrogen and oxygen atoms in total. The number of nitro groups is 1. The van der Waals surface area contributed by atoms with E-state index < -0.39 is 16.6 Å². The van der Waals surface area contributed by atoms with Crippen LogP contribution in [0.2, 0.25) is 5.02 Å². The zero-order valence-corrected chi connectivity index (χ0v) is 18.1. The van der Waals surface area contributed by atoms with Crippen LogP contribution in [-0.2, 0) is 11.2 Å². The van der Waals surface area contributed by atoms with E-state index in [2.05, 4.69) is 10.3 Å². The molecule has 0 unspecified atom stereocenters. The smallest absolute Gasteiger partial charge is 0.414 e. The molecule has 0 saturated carbocycles. The van der Waals surface area contributed by atoms with Crippen molar-refractivity contribution in [3.8, 4) is 0 Å². The Kier molecular flexibility index (Phi) is 5.18. The highest BCUT2D eigenvalue weighted by Crippen LogP contribution is 2.38. The fourth-order valence-corrected chi connectivity index (χ4v) is 3.70. The lowest BCUT2D eigenvalue weighted by molar-refractivity contribution is -0.384. The number of amides is 1. The number of anilines is 3. The largest absolute Gasteiger partial charge is 0.443 e. The summed E-state index contributed by atoms with van der Waals surface area (Å²) in [7, 11) is 0.